The number of hydrogen-bond acceptors (Lipinski definition) is 6. The van der Waals surface area contributed by atoms with Gasteiger partial charge in [0.2, 0.25) is 0 Å². The highest BCUT2D eigenvalue weighted by Gasteiger charge is 2.03. The molecule has 2 N–H and O–H groups in total. The van der Waals surface area contributed by atoms with Gasteiger partial charge in [-0.3, -0.25) is 0 Å². The molecule has 0 amide bonds. The predicted molar refractivity (Wildman–Crippen MR) is 93.6 cm³/mol. The molecule has 0 fully saturated rings. The average molecular weight is 344 g/mol. The highest BCUT2D eigenvalue weighted by molar-refractivity contribution is 5.79. The number of benzene rings is 2. The zero-order valence-corrected chi connectivity index (χ0v) is 14.1. The Bertz CT molecular complexity index is 729. The van der Waals surface area contributed by atoms with Gasteiger partial charge in [-0.25, -0.2) is 4.79 Å². The molecule has 0 spiro atoms. The second-order valence-corrected chi connectivity index (χ2v) is 5.03. The van der Waals surface area contributed by atoms with Crippen molar-refractivity contribution in [2.75, 3.05) is 20.8 Å². The number of aliphatic carboxylic acids is 1. The fourth-order valence-electron chi connectivity index (χ4n) is 2.04. The Morgan fingerprint density at radius 2 is 1.84 bits per heavy atom. The van der Waals surface area contributed by atoms with Crippen LogP contribution in [-0.2, 0) is 11.3 Å². The van der Waals surface area contributed by atoms with Gasteiger partial charge in [0.05, 0.1) is 27.0 Å². The molecular formula is C18H20N2O5. The van der Waals surface area contributed by atoms with Crippen LogP contribution in [0.15, 0.2) is 47.6 Å². The smallest absolute Gasteiger partial charge is 0.341 e. The second-order valence-electron chi connectivity index (χ2n) is 5.03. The van der Waals surface area contributed by atoms with Crippen LogP contribution in [0, 0.1) is 0 Å². The molecule has 7 heteroatoms. The van der Waals surface area contributed by atoms with Gasteiger partial charge >= 0.3 is 5.97 Å². The Morgan fingerprint density at radius 1 is 1.12 bits per heavy atom. The first-order valence-electron chi connectivity index (χ1n) is 7.54. The van der Waals surface area contributed by atoms with Gasteiger partial charge in [0.25, 0.3) is 0 Å². The lowest BCUT2D eigenvalue weighted by molar-refractivity contribution is -0.139. The van der Waals surface area contributed by atoms with Gasteiger partial charge in [-0.05, 0) is 47.5 Å². The van der Waals surface area contributed by atoms with E-state index in [1.165, 1.54) is 0 Å². The normalized spacial score (nSPS) is 10.5. The number of carbonyl (C=O) groups is 1. The Kier molecular flexibility index (Phi) is 6.65. The molecule has 132 valence electrons. The Hall–Kier alpha value is -3.22. The number of carboxylic acids is 1. The van der Waals surface area contributed by atoms with Gasteiger partial charge < -0.3 is 24.7 Å². The van der Waals surface area contributed by atoms with Crippen LogP contribution in [-0.4, -0.2) is 38.1 Å². The summed E-state index contributed by atoms with van der Waals surface area (Å²) in [4.78, 5) is 10.4. The van der Waals surface area contributed by atoms with Gasteiger partial charge in [0.15, 0.2) is 18.1 Å². The molecule has 0 aliphatic carbocycles. The summed E-state index contributed by atoms with van der Waals surface area (Å²) in [5.41, 5.74) is 4.83. The number of nitrogens with zero attached hydrogens (tertiary/aromatic N) is 1. The molecule has 2 aromatic carbocycles. The van der Waals surface area contributed by atoms with Crippen LogP contribution in [0.5, 0.6) is 17.2 Å². The van der Waals surface area contributed by atoms with Crippen LogP contribution in [0.1, 0.15) is 11.1 Å². The summed E-state index contributed by atoms with van der Waals surface area (Å²) in [6, 6.07) is 12.6. The maximum absolute atomic E-state index is 10.4. The maximum atomic E-state index is 10.4. The van der Waals surface area contributed by atoms with Gasteiger partial charge in [0, 0.05) is 0 Å². The van der Waals surface area contributed by atoms with E-state index in [-0.39, 0.29) is 6.61 Å². The standard InChI is InChI=1S/C18H20N2O5/c1-23-16-8-5-14(9-17(16)24-2)11-20-19-10-13-3-6-15(7-4-13)25-12-18(21)22/h3-10,20H,11-12H2,1-2H3,(H,21,22)/b19-10-. The minimum atomic E-state index is -1.01. The first kappa shape index (κ1) is 18.1. The molecule has 0 aromatic heterocycles. The van der Waals surface area contributed by atoms with Gasteiger partial charge in [-0.1, -0.05) is 6.07 Å². The molecular weight excluding hydrogens is 324 g/mol. The number of hydrogen-bond donors (Lipinski definition) is 2. The first-order chi connectivity index (χ1) is 12.1. The maximum Gasteiger partial charge on any atom is 0.341 e. The molecule has 0 radical (unpaired) electrons. The summed E-state index contributed by atoms with van der Waals surface area (Å²) in [7, 11) is 3.19. The summed E-state index contributed by atoms with van der Waals surface area (Å²) in [6.07, 6.45) is 1.67. The molecule has 0 atom stereocenters. The van der Waals surface area contributed by atoms with E-state index in [2.05, 4.69) is 10.5 Å². The molecule has 0 saturated carbocycles. The van der Waals surface area contributed by atoms with E-state index in [1.807, 2.05) is 18.2 Å². The van der Waals surface area contributed by atoms with Crippen molar-refractivity contribution in [2.45, 2.75) is 6.54 Å². The van der Waals surface area contributed by atoms with Crippen molar-refractivity contribution in [2.24, 2.45) is 5.10 Å². The number of hydrazone groups is 1. The van der Waals surface area contributed by atoms with Crippen molar-refractivity contribution in [1.29, 1.82) is 0 Å². The van der Waals surface area contributed by atoms with E-state index in [0.29, 0.717) is 23.8 Å². The van der Waals surface area contributed by atoms with Gasteiger partial charge in [-0.15, -0.1) is 0 Å². The van der Waals surface area contributed by atoms with Crippen molar-refractivity contribution < 1.29 is 24.1 Å². The summed E-state index contributed by atoms with van der Waals surface area (Å²) >= 11 is 0. The Morgan fingerprint density at radius 3 is 2.48 bits per heavy atom. The molecule has 7 nitrogen and oxygen atoms in total. The second kappa shape index (κ2) is 9.17. The minimum Gasteiger partial charge on any atom is -0.493 e. The Labute approximate surface area is 145 Å². The zero-order chi connectivity index (χ0) is 18.1. The van der Waals surface area contributed by atoms with Crippen molar-refractivity contribution in [3.8, 4) is 17.2 Å². The molecule has 0 bridgehead atoms. The van der Waals surface area contributed by atoms with E-state index in [1.54, 1.807) is 44.7 Å². The van der Waals surface area contributed by atoms with Crippen molar-refractivity contribution in [1.82, 2.24) is 5.43 Å². The molecule has 0 unspecified atom stereocenters. The number of methoxy groups -OCH3 is 2. The minimum absolute atomic E-state index is 0.361. The largest absolute Gasteiger partial charge is 0.493 e. The van der Waals surface area contributed by atoms with Crippen LogP contribution in [0.2, 0.25) is 0 Å². The molecule has 0 aliphatic heterocycles. The Balaban J connectivity index is 1.85. The highest BCUT2D eigenvalue weighted by Crippen LogP contribution is 2.27. The topological polar surface area (TPSA) is 89.4 Å². The van der Waals surface area contributed by atoms with E-state index in [0.717, 1.165) is 11.1 Å². The summed E-state index contributed by atoms with van der Waals surface area (Å²) in [5, 5.41) is 12.7. The summed E-state index contributed by atoms with van der Waals surface area (Å²) in [6.45, 7) is 0.178. The molecule has 2 aromatic rings. The van der Waals surface area contributed by atoms with Crippen molar-refractivity contribution in [3.63, 3.8) is 0 Å². The molecule has 0 aliphatic rings. The first-order valence-corrected chi connectivity index (χ1v) is 7.54. The molecule has 0 heterocycles. The zero-order valence-electron chi connectivity index (χ0n) is 14.1. The van der Waals surface area contributed by atoms with E-state index < -0.39 is 5.97 Å². The number of ether oxygens (including phenoxy) is 3. The predicted octanol–water partition coefficient (Wildman–Crippen LogP) is 2.29. The monoisotopic (exact) mass is 344 g/mol. The SMILES string of the molecule is COc1ccc(CN/N=C\c2ccc(OCC(=O)O)cc2)cc1OC. The highest BCUT2D eigenvalue weighted by atomic mass is 16.5. The van der Waals surface area contributed by atoms with Crippen molar-refractivity contribution in [3.05, 3.63) is 53.6 Å². The number of rotatable bonds is 9. The van der Waals surface area contributed by atoms with E-state index in [9.17, 15) is 4.79 Å². The van der Waals surface area contributed by atoms with Crippen LogP contribution in [0.3, 0.4) is 0 Å². The molecule has 25 heavy (non-hydrogen) atoms. The van der Waals surface area contributed by atoms with Crippen LogP contribution in [0.4, 0.5) is 0 Å². The van der Waals surface area contributed by atoms with E-state index in [4.69, 9.17) is 19.3 Å². The lowest BCUT2D eigenvalue weighted by Gasteiger charge is -2.09. The van der Waals surface area contributed by atoms with Gasteiger partial charge in [0.1, 0.15) is 5.75 Å². The quantitative estimate of drug-likeness (QED) is 0.536. The third-order valence-corrected chi connectivity index (χ3v) is 3.28. The average Bonchev–Trinajstić information content (AvgIpc) is 2.64. The molecule has 2 rings (SSSR count). The van der Waals surface area contributed by atoms with Crippen LogP contribution >= 0.6 is 0 Å². The number of nitrogens with one attached hydrogen (secondary N) is 1. The third-order valence-electron chi connectivity index (χ3n) is 3.28. The van der Waals surface area contributed by atoms with E-state index >= 15 is 0 Å². The fraction of sp³-hybridized carbons (Fsp3) is 0.222. The fourth-order valence-corrected chi connectivity index (χ4v) is 2.04. The lowest BCUT2D eigenvalue weighted by atomic mass is 10.2. The molecule has 0 saturated heterocycles. The van der Waals surface area contributed by atoms with Crippen LogP contribution < -0.4 is 19.6 Å². The lowest BCUT2D eigenvalue weighted by Crippen LogP contribution is -2.09. The third kappa shape index (κ3) is 5.72. The summed E-state index contributed by atoms with van der Waals surface area (Å²) in [5.74, 6) is 0.838. The van der Waals surface area contributed by atoms with Gasteiger partial charge in [-0.2, -0.15) is 5.10 Å². The van der Waals surface area contributed by atoms with Crippen LogP contribution in [0.25, 0.3) is 0 Å². The summed E-state index contributed by atoms with van der Waals surface area (Å²) < 4.78 is 15.5. The number of carboxylic acid groups (broad SMARTS) is 1. The van der Waals surface area contributed by atoms with Crippen molar-refractivity contribution >= 4 is 12.2 Å².